The van der Waals surface area contributed by atoms with Crippen LogP contribution < -0.4 is 9.64 Å². The van der Waals surface area contributed by atoms with Gasteiger partial charge in [0.2, 0.25) is 5.91 Å². The minimum atomic E-state index is -0.374. The molecular weight excluding hydrogens is 288 g/mol. The number of hydrogen-bond donors (Lipinski definition) is 0. The molecule has 1 aliphatic rings. The van der Waals surface area contributed by atoms with Crippen LogP contribution in [0.25, 0.3) is 0 Å². The molecule has 1 aromatic heterocycles. The van der Waals surface area contributed by atoms with Crippen molar-refractivity contribution in [2.24, 2.45) is 0 Å². The molecule has 21 heavy (non-hydrogen) atoms. The molecule has 0 atom stereocenters. The van der Waals surface area contributed by atoms with E-state index in [0.717, 1.165) is 15.5 Å². The van der Waals surface area contributed by atoms with Gasteiger partial charge in [-0.25, -0.2) is 4.98 Å². The predicted molar refractivity (Wildman–Crippen MR) is 78.9 cm³/mol. The normalized spacial score (nSPS) is 12.4. The number of pyridine rings is 1. The third-order valence-corrected chi connectivity index (χ3v) is 4.02. The Morgan fingerprint density at radius 3 is 2.71 bits per heavy atom. The van der Waals surface area contributed by atoms with Crippen molar-refractivity contribution in [3.05, 3.63) is 36.5 Å². The van der Waals surface area contributed by atoms with Crippen molar-refractivity contribution < 1.29 is 14.3 Å². The number of esters is 1. The molecule has 0 N–H and O–H groups in total. The SMILES string of the molecule is CC(=O)Oc1ccc2c(c1)Sc1cccnc1N2C(C)=O. The fourth-order valence-electron chi connectivity index (χ4n) is 2.17. The zero-order valence-electron chi connectivity index (χ0n) is 11.5. The maximum absolute atomic E-state index is 12.0. The predicted octanol–water partition coefficient (Wildman–Crippen LogP) is 3.16. The van der Waals surface area contributed by atoms with E-state index in [1.54, 1.807) is 29.3 Å². The molecule has 1 aliphatic heterocycles. The molecule has 0 aliphatic carbocycles. The van der Waals surface area contributed by atoms with Crippen molar-refractivity contribution in [2.45, 2.75) is 23.6 Å². The van der Waals surface area contributed by atoms with Gasteiger partial charge in [-0.05, 0) is 30.3 Å². The summed E-state index contributed by atoms with van der Waals surface area (Å²) in [7, 11) is 0. The van der Waals surface area contributed by atoms with Gasteiger partial charge in [0.25, 0.3) is 0 Å². The Labute approximate surface area is 125 Å². The molecule has 0 bridgehead atoms. The van der Waals surface area contributed by atoms with Gasteiger partial charge < -0.3 is 4.74 Å². The van der Waals surface area contributed by atoms with Gasteiger partial charge in [0.05, 0.1) is 10.6 Å². The molecule has 2 aromatic rings. The molecule has 0 unspecified atom stereocenters. The van der Waals surface area contributed by atoms with Crippen LogP contribution in [0.2, 0.25) is 0 Å². The van der Waals surface area contributed by atoms with Gasteiger partial charge >= 0.3 is 5.97 Å². The van der Waals surface area contributed by atoms with Crippen molar-refractivity contribution in [1.82, 2.24) is 4.98 Å². The molecule has 1 aromatic carbocycles. The van der Waals surface area contributed by atoms with Crippen LogP contribution in [0.5, 0.6) is 5.75 Å². The van der Waals surface area contributed by atoms with Crippen LogP contribution in [0.3, 0.4) is 0 Å². The molecule has 0 radical (unpaired) electrons. The summed E-state index contributed by atoms with van der Waals surface area (Å²) in [6, 6.07) is 8.92. The van der Waals surface area contributed by atoms with Crippen molar-refractivity contribution in [2.75, 3.05) is 4.90 Å². The highest BCUT2D eigenvalue weighted by Crippen LogP contribution is 2.48. The van der Waals surface area contributed by atoms with E-state index in [2.05, 4.69) is 4.98 Å². The molecular formula is C15H12N2O3S. The largest absolute Gasteiger partial charge is 0.427 e. The average molecular weight is 300 g/mol. The molecule has 0 saturated carbocycles. The zero-order chi connectivity index (χ0) is 15.0. The topological polar surface area (TPSA) is 59.5 Å². The van der Waals surface area contributed by atoms with E-state index in [4.69, 9.17) is 4.74 Å². The number of carbonyl (C=O) groups is 2. The number of rotatable bonds is 1. The smallest absolute Gasteiger partial charge is 0.308 e. The van der Waals surface area contributed by atoms with E-state index in [1.165, 1.54) is 25.6 Å². The summed E-state index contributed by atoms with van der Waals surface area (Å²) in [6.07, 6.45) is 1.66. The number of amides is 1. The van der Waals surface area contributed by atoms with E-state index >= 15 is 0 Å². The standard InChI is InChI=1S/C15H12N2O3S/c1-9(18)17-12-6-5-11(20-10(2)19)8-14(12)21-13-4-3-7-16-15(13)17/h3-8H,1-2H3. The summed E-state index contributed by atoms with van der Waals surface area (Å²) >= 11 is 1.50. The number of fused-ring (bicyclic) bond motifs is 2. The lowest BCUT2D eigenvalue weighted by Crippen LogP contribution is -2.26. The minimum Gasteiger partial charge on any atom is -0.427 e. The van der Waals surface area contributed by atoms with Gasteiger partial charge in [0.15, 0.2) is 5.82 Å². The summed E-state index contributed by atoms with van der Waals surface area (Å²) < 4.78 is 5.09. The summed E-state index contributed by atoms with van der Waals surface area (Å²) in [6.45, 7) is 2.85. The molecule has 0 fully saturated rings. The van der Waals surface area contributed by atoms with Gasteiger partial charge in [-0.1, -0.05) is 11.8 Å². The quantitative estimate of drug-likeness (QED) is 0.598. The number of hydrogen-bond acceptors (Lipinski definition) is 5. The van der Waals surface area contributed by atoms with Gasteiger partial charge in [-0.2, -0.15) is 0 Å². The van der Waals surface area contributed by atoms with E-state index in [1.807, 2.05) is 12.1 Å². The first kappa shape index (κ1) is 13.6. The lowest BCUT2D eigenvalue weighted by Gasteiger charge is -2.29. The Bertz CT molecular complexity index is 745. The number of carbonyl (C=O) groups excluding carboxylic acids is 2. The lowest BCUT2D eigenvalue weighted by atomic mass is 10.2. The Morgan fingerprint density at radius 1 is 1.19 bits per heavy atom. The molecule has 5 nitrogen and oxygen atoms in total. The van der Waals surface area contributed by atoms with Crippen molar-refractivity contribution in [3.8, 4) is 5.75 Å². The van der Waals surface area contributed by atoms with Crippen molar-refractivity contribution >= 4 is 35.1 Å². The summed E-state index contributed by atoms with van der Waals surface area (Å²) in [4.78, 5) is 30.6. The van der Waals surface area contributed by atoms with Gasteiger partial charge in [0, 0.05) is 24.9 Å². The van der Waals surface area contributed by atoms with E-state index in [-0.39, 0.29) is 11.9 Å². The highest BCUT2D eigenvalue weighted by Gasteiger charge is 2.27. The van der Waals surface area contributed by atoms with Gasteiger partial charge in [-0.15, -0.1) is 0 Å². The minimum absolute atomic E-state index is 0.114. The Balaban J connectivity index is 2.10. The first-order valence-electron chi connectivity index (χ1n) is 6.32. The van der Waals surface area contributed by atoms with Crippen LogP contribution in [0.4, 0.5) is 11.5 Å². The third kappa shape index (κ3) is 2.50. The Morgan fingerprint density at radius 2 is 2.00 bits per heavy atom. The van der Waals surface area contributed by atoms with Crippen LogP contribution in [0.1, 0.15) is 13.8 Å². The molecule has 0 saturated heterocycles. The monoisotopic (exact) mass is 300 g/mol. The maximum atomic E-state index is 12.0. The van der Waals surface area contributed by atoms with Crippen LogP contribution in [0, 0.1) is 0 Å². The van der Waals surface area contributed by atoms with Crippen LogP contribution in [-0.2, 0) is 9.59 Å². The number of aromatic nitrogens is 1. The summed E-state index contributed by atoms with van der Waals surface area (Å²) in [5.41, 5.74) is 0.745. The Hall–Kier alpha value is -2.34. The molecule has 6 heteroatoms. The number of ether oxygens (including phenoxy) is 1. The van der Waals surface area contributed by atoms with E-state index in [0.29, 0.717) is 11.6 Å². The Kier molecular flexibility index (Phi) is 3.39. The van der Waals surface area contributed by atoms with E-state index in [9.17, 15) is 9.59 Å². The number of benzene rings is 1. The van der Waals surface area contributed by atoms with Crippen LogP contribution in [-0.4, -0.2) is 16.9 Å². The summed E-state index contributed by atoms with van der Waals surface area (Å²) in [5, 5.41) is 0. The van der Waals surface area contributed by atoms with E-state index < -0.39 is 0 Å². The first-order chi connectivity index (χ1) is 10.1. The summed E-state index contributed by atoms with van der Waals surface area (Å²) in [5.74, 6) is 0.602. The molecule has 106 valence electrons. The lowest BCUT2D eigenvalue weighted by molar-refractivity contribution is -0.131. The second kappa shape index (κ2) is 5.21. The highest BCUT2D eigenvalue weighted by atomic mass is 32.2. The first-order valence-corrected chi connectivity index (χ1v) is 7.14. The second-order valence-electron chi connectivity index (χ2n) is 4.50. The van der Waals surface area contributed by atoms with Gasteiger partial charge in [-0.3, -0.25) is 14.5 Å². The van der Waals surface area contributed by atoms with Crippen LogP contribution >= 0.6 is 11.8 Å². The van der Waals surface area contributed by atoms with Crippen molar-refractivity contribution in [1.29, 1.82) is 0 Å². The number of anilines is 2. The second-order valence-corrected chi connectivity index (χ2v) is 5.59. The third-order valence-electron chi connectivity index (χ3n) is 2.93. The fraction of sp³-hybridized carbons (Fsp3) is 0.133. The highest BCUT2D eigenvalue weighted by molar-refractivity contribution is 7.99. The molecule has 2 heterocycles. The van der Waals surface area contributed by atoms with Crippen molar-refractivity contribution in [3.63, 3.8) is 0 Å². The fourth-order valence-corrected chi connectivity index (χ4v) is 3.23. The van der Waals surface area contributed by atoms with Gasteiger partial charge in [0.1, 0.15) is 5.75 Å². The molecule has 1 amide bonds. The average Bonchev–Trinajstić information content (AvgIpc) is 2.43. The van der Waals surface area contributed by atoms with Crippen LogP contribution in [0.15, 0.2) is 46.3 Å². The molecule has 3 rings (SSSR count). The molecule has 0 spiro atoms. The number of nitrogens with zero attached hydrogens (tertiary/aromatic N) is 2. The maximum Gasteiger partial charge on any atom is 0.308 e. The zero-order valence-corrected chi connectivity index (χ0v) is 12.3.